The fraction of sp³-hybridized carbons (Fsp3) is 0.217. The van der Waals surface area contributed by atoms with Gasteiger partial charge in [-0.1, -0.05) is 34.8 Å². The Labute approximate surface area is 215 Å². The lowest BCUT2D eigenvalue weighted by Gasteiger charge is -2.34. The van der Waals surface area contributed by atoms with Crippen LogP contribution in [0.5, 0.6) is 0 Å². The molecule has 0 bridgehead atoms. The van der Waals surface area contributed by atoms with Crippen LogP contribution in [0, 0.1) is 4.77 Å². The third-order valence-electron chi connectivity index (χ3n) is 5.75. The molecule has 34 heavy (non-hydrogen) atoms. The molecular weight excluding hydrogens is 519 g/mol. The molecule has 0 aliphatic carbocycles. The molecule has 1 aliphatic heterocycles. The summed E-state index contributed by atoms with van der Waals surface area (Å²) in [6.45, 7) is 2.05. The van der Waals surface area contributed by atoms with E-state index in [-0.39, 0.29) is 39.8 Å². The summed E-state index contributed by atoms with van der Waals surface area (Å²) in [5.74, 6) is -0.523. The van der Waals surface area contributed by atoms with Crippen molar-refractivity contribution < 1.29 is 9.59 Å². The number of halogens is 3. The van der Waals surface area contributed by atoms with Gasteiger partial charge in [-0.05, 0) is 62.0 Å². The van der Waals surface area contributed by atoms with Crippen LogP contribution < -0.4 is 10.9 Å². The van der Waals surface area contributed by atoms with Crippen molar-refractivity contribution in [3.05, 3.63) is 89.0 Å². The molecule has 1 aromatic heterocycles. The Bertz CT molecular complexity index is 1450. The number of rotatable bonds is 3. The number of nitrogens with one attached hydrogen (secondary N) is 2. The van der Waals surface area contributed by atoms with Crippen molar-refractivity contribution in [2.45, 2.75) is 25.9 Å². The maximum Gasteiger partial charge on any atom is 0.262 e. The quantitative estimate of drug-likeness (QED) is 0.470. The Hall–Kier alpha value is -2.65. The first-order valence-electron chi connectivity index (χ1n) is 10.3. The van der Waals surface area contributed by atoms with Gasteiger partial charge < -0.3 is 15.2 Å². The summed E-state index contributed by atoms with van der Waals surface area (Å²) >= 11 is 23.9. The van der Waals surface area contributed by atoms with Crippen LogP contribution in [0.1, 0.15) is 38.9 Å². The van der Waals surface area contributed by atoms with E-state index in [0.29, 0.717) is 44.5 Å². The summed E-state index contributed by atoms with van der Waals surface area (Å²) in [6.07, 6.45) is 0.321. The van der Waals surface area contributed by atoms with Gasteiger partial charge in [0.15, 0.2) is 4.77 Å². The van der Waals surface area contributed by atoms with Gasteiger partial charge >= 0.3 is 0 Å². The van der Waals surface area contributed by atoms with Crippen molar-refractivity contribution in [1.29, 1.82) is 0 Å². The molecule has 2 heterocycles. The first-order chi connectivity index (χ1) is 16.1. The second-order valence-electron chi connectivity index (χ2n) is 7.89. The Morgan fingerprint density at radius 1 is 1.06 bits per heavy atom. The maximum atomic E-state index is 13.4. The molecule has 0 spiro atoms. The van der Waals surface area contributed by atoms with E-state index in [2.05, 4.69) is 10.3 Å². The molecule has 2 amide bonds. The van der Waals surface area contributed by atoms with Crippen LogP contribution in [0.2, 0.25) is 15.1 Å². The number of carbonyl (C=O) groups excluding carboxylic acids is 2. The van der Waals surface area contributed by atoms with E-state index in [9.17, 15) is 14.4 Å². The minimum atomic E-state index is -0.318. The Balaban J connectivity index is 1.72. The van der Waals surface area contributed by atoms with Crippen LogP contribution in [0.15, 0.2) is 41.2 Å². The number of nitrogens with zero attached hydrogens (tertiary/aromatic N) is 2. The van der Waals surface area contributed by atoms with Gasteiger partial charge in [0.1, 0.15) is 0 Å². The van der Waals surface area contributed by atoms with Crippen molar-refractivity contribution in [2.75, 3.05) is 7.05 Å². The molecule has 1 atom stereocenters. The lowest BCUT2D eigenvalue weighted by molar-refractivity contribution is 0.0652. The minimum Gasteiger partial charge on any atom is -0.355 e. The van der Waals surface area contributed by atoms with E-state index in [1.54, 1.807) is 29.2 Å². The van der Waals surface area contributed by atoms with Crippen LogP contribution >= 0.6 is 47.0 Å². The zero-order valence-corrected chi connectivity index (χ0v) is 21.2. The highest BCUT2D eigenvalue weighted by atomic mass is 35.5. The van der Waals surface area contributed by atoms with Gasteiger partial charge in [0.05, 0.1) is 27.3 Å². The molecule has 11 heteroatoms. The summed E-state index contributed by atoms with van der Waals surface area (Å²) < 4.78 is 1.45. The van der Waals surface area contributed by atoms with Gasteiger partial charge in [-0.2, -0.15) is 0 Å². The van der Waals surface area contributed by atoms with Gasteiger partial charge in [0.2, 0.25) is 0 Å². The van der Waals surface area contributed by atoms with Crippen molar-refractivity contribution >= 4 is 58.8 Å². The molecular formula is C23H19Cl3N4O3S. The number of carbonyl (C=O) groups is 2. The van der Waals surface area contributed by atoms with Gasteiger partial charge in [0.25, 0.3) is 17.4 Å². The number of amides is 2. The lowest BCUT2D eigenvalue weighted by atomic mass is 9.98. The molecule has 0 saturated carbocycles. The average molecular weight is 538 g/mol. The molecule has 2 aromatic carbocycles. The molecule has 0 fully saturated rings. The first-order valence-corrected chi connectivity index (χ1v) is 11.8. The highest BCUT2D eigenvalue weighted by molar-refractivity contribution is 7.71. The lowest BCUT2D eigenvalue weighted by Crippen LogP contribution is -2.45. The minimum absolute atomic E-state index is 0.134. The number of aromatic amines is 1. The van der Waals surface area contributed by atoms with Crippen molar-refractivity contribution in [1.82, 2.24) is 19.8 Å². The molecule has 3 aromatic rings. The Kier molecular flexibility index (Phi) is 6.87. The summed E-state index contributed by atoms with van der Waals surface area (Å²) in [7, 11) is 1.52. The third-order valence-corrected chi connectivity index (χ3v) is 7.08. The average Bonchev–Trinajstić information content (AvgIpc) is 2.81. The number of hydrogen-bond acceptors (Lipinski definition) is 4. The summed E-state index contributed by atoms with van der Waals surface area (Å²) in [6, 6.07) is 9.09. The zero-order valence-electron chi connectivity index (χ0n) is 18.1. The largest absolute Gasteiger partial charge is 0.355 e. The monoisotopic (exact) mass is 536 g/mol. The van der Waals surface area contributed by atoms with E-state index in [4.69, 9.17) is 47.0 Å². The predicted octanol–water partition coefficient (Wildman–Crippen LogP) is 4.80. The maximum absolute atomic E-state index is 13.4. The number of benzene rings is 2. The van der Waals surface area contributed by atoms with Crippen LogP contribution in [-0.4, -0.2) is 39.4 Å². The summed E-state index contributed by atoms with van der Waals surface area (Å²) in [5, 5.41) is 3.39. The van der Waals surface area contributed by atoms with Crippen molar-refractivity contribution in [3.63, 3.8) is 0 Å². The smallest absolute Gasteiger partial charge is 0.262 e. The standard InChI is InChI=1S/C23H19Cl3N4O3S/c1-11-7-14-18(10-29(11)21(32)13-3-5-15(24)16(25)9-13)28-23(34)30(22(14)33)19-6-4-12(8-17(19)26)20(31)27-2/h3-6,8-9,11H,7,10H2,1-2H3,(H,27,31)(H,28,34)/t11-/m1/s1. The Morgan fingerprint density at radius 2 is 1.74 bits per heavy atom. The van der Waals surface area contributed by atoms with E-state index in [0.717, 1.165) is 0 Å². The fourth-order valence-corrected chi connectivity index (χ4v) is 4.82. The number of aromatic nitrogens is 2. The normalized spacial score (nSPS) is 15.1. The van der Waals surface area contributed by atoms with Crippen molar-refractivity contribution in [3.8, 4) is 5.69 Å². The van der Waals surface area contributed by atoms with E-state index in [1.165, 1.54) is 23.7 Å². The molecule has 176 valence electrons. The van der Waals surface area contributed by atoms with Gasteiger partial charge in [-0.25, -0.2) is 0 Å². The highest BCUT2D eigenvalue weighted by Crippen LogP contribution is 2.27. The molecule has 4 rings (SSSR count). The van der Waals surface area contributed by atoms with Gasteiger partial charge in [0, 0.05) is 35.5 Å². The molecule has 2 N–H and O–H groups in total. The molecule has 0 unspecified atom stereocenters. The van der Waals surface area contributed by atoms with Gasteiger partial charge in [-0.15, -0.1) is 0 Å². The van der Waals surface area contributed by atoms with E-state index < -0.39 is 0 Å². The second-order valence-corrected chi connectivity index (χ2v) is 9.50. The highest BCUT2D eigenvalue weighted by Gasteiger charge is 2.31. The van der Waals surface area contributed by atoms with Gasteiger partial charge in [-0.3, -0.25) is 19.0 Å². The zero-order chi connectivity index (χ0) is 24.7. The Morgan fingerprint density at radius 3 is 2.38 bits per heavy atom. The number of H-pyrrole nitrogens is 1. The fourth-order valence-electron chi connectivity index (χ4n) is 3.95. The summed E-state index contributed by atoms with van der Waals surface area (Å²) in [4.78, 5) is 43.2. The van der Waals surface area contributed by atoms with Crippen LogP contribution in [-0.2, 0) is 13.0 Å². The molecule has 7 nitrogen and oxygen atoms in total. The third kappa shape index (κ3) is 4.38. The summed E-state index contributed by atoms with van der Waals surface area (Å²) in [5.41, 5.74) is 1.90. The molecule has 1 aliphatic rings. The number of fused-ring (bicyclic) bond motifs is 1. The van der Waals surface area contributed by atoms with E-state index in [1.807, 2.05) is 6.92 Å². The van der Waals surface area contributed by atoms with Crippen molar-refractivity contribution in [2.24, 2.45) is 0 Å². The SMILES string of the molecule is CNC(=O)c1ccc(-n2c(=S)[nH]c3c(c2=O)C[C@@H](C)N(C(=O)c2ccc(Cl)c(Cl)c2)C3)c(Cl)c1. The topological polar surface area (TPSA) is 87.2 Å². The molecule has 0 radical (unpaired) electrons. The van der Waals surface area contributed by atoms with Crippen LogP contribution in [0.4, 0.5) is 0 Å². The molecule has 0 saturated heterocycles. The number of hydrogen-bond donors (Lipinski definition) is 2. The first kappa shape index (κ1) is 24.5. The predicted molar refractivity (Wildman–Crippen MR) is 135 cm³/mol. The second kappa shape index (κ2) is 9.54. The van der Waals surface area contributed by atoms with E-state index >= 15 is 0 Å². The van der Waals surface area contributed by atoms with Crippen LogP contribution in [0.3, 0.4) is 0 Å². The van der Waals surface area contributed by atoms with Crippen LogP contribution in [0.25, 0.3) is 5.69 Å².